The van der Waals surface area contributed by atoms with E-state index in [2.05, 4.69) is 37.2 Å². The van der Waals surface area contributed by atoms with Crippen LogP contribution < -0.4 is 5.32 Å². The number of benzene rings is 2. The molecule has 0 atom stereocenters. The van der Waals surface area contributed by atoms with Gasteiger partial charge in [0.2, 0.25) is 0 Å². The molecule has 4 heteroatoms. The average Bonchev–Trinajstić information content (AvgIpc) is 2.74. The van der Waals surface area contributed by atoms with Crippen LogP contribution in [0.25, 0.3) is 11.6 Å². The van der Waals surface area contributed by atoms with Crippen molar-refractivity contribution < 1.29 is 4.79 Å². The van der Waals surface area contributed by atoms with Crippen LogP contribution in [0.2, 0.25) is 0 Å². The maximum absolute atomic E-state index is 12.2. The lowest BCUT2D eigenvalue weighted by atomic mass is 9.99. The smallest absolute Gasteiger partial charge is 0.256 e. The van der Waals surface area contributed by atoms with Gasteiger partial charge < -0.3 is 5.32 Å². The van der Waals surface area contributed by atoms with Crippen molar-refractivity contribution >= 4 is 55.1 Å². The standard InChI is InChI=1S/C16H11Br2NO/c1-9-12(17)6-7-14-15(9)11(16(20)19-14)8-10-4-2-3-5-13(10)18/h2-8H,1H3,(H,19,20). The second-order valence-electron chi connectivity index (χ2n) is 4.63. The summed E-state index contributed by atoms with van der Waals surface area (Å²) < 4.78 is 1.98. The van der Waals surface area contributed by atoms with Gasteiger partial charge in [0.1, 0.15) is 0 Å². The van der Waals surface area contributed by atoms with Crippen LogP contribution in [-0.2, 0) is 4.79 Å². The normalized spacial score (nSPS) is 15.3. The van der Waals surface area contributed by atoms with E-state index in [-0.39, 0.29) is 5.91 Å². The number of amides is 1. The SMILES string of the molecule is Cc1c(Br)ccc2c1C(=Cc1ccccc1Br)C(=O)N2. The molecule has 100 valence electrons. The van der Waals surface area contributed by atoms with E-state index in [4.69, 9.17) is 0 Å². The van der Waals surface area contributed by atoms with Crippen molar-refractivity contribution in [3.8, 4) is 0 Å². The van der Waals surface area contributed by atoms with Gasteiger partial charge in [-0.2, -0.15) is 0 Å². The second kappa shape index (κ2) is 5.19. The van der Waals surface area contributed by atoms with E-state index in [0.717, 1.165) is 31.3 Å². The van der Waals surface area contributed by atoms with Crippen molar-refractivity contribution in [1.82, 2.24) is 0 Å². The molecule has 0 unspecified atom stereocenters. The van der Waals surface area contributed by atoms with Crippen LogP contribution in [0.4, 0.5) is 5.69 Å². The summed E-state index contributed by atoms with van der Waals surface area (Å²) in [5.41, 5.74) is 4.60. The van der Waals surface area contributed by atoms with Crippen LogP contribution in [0.3, 0.4) is 0 Å². The summed E-state index contributed by atoms with van der Waals surface area (Å²) in [5, 5.41) is 2.91. The zero-order valence-electron chi connectivity index (χ0n) is 10.7. The third-order valence-corrected chi connectivity index (χ3v) is 4.95. The van der Waals surface area contributed by atoms with Crippen molar-refractivity contribution in [2.24, 2.45) is 0 Å². The number of rotatable bonds is 1. The van der Waals surface area contributed by atoms with E-state index in [1.165, 1.54) is 0 Å². The lowest BCUT2D eigenvalue weighted by Gasteiger charge is -2.06. The number of carbonyl (C=O) groups is 1. The molecule has 1 heterocycles. The topological polar surface area (TPSA) is 29.1 Å². The molecule has 0 saturated heterocycles. The molecular weight excluding hydrogens is 382 g/mol. The Morgan fingerprint density at radius 2 is 1.80 bits per heavy atom. The first-order valence-electron chi connectivity index (χ1n) is 6.15. The third-order valence-electron chi connectivity index (χ3n) is 3.37. The quantitative estimate of drug-likeness (QED) is 0.678. The molecule has 1 aliphatic heterocycles. The van der Waals surface area contributed by atoms with Gasteiger partial charge in [-0.3, -0.25) is 4.79 Å². The summed E-state index contributed by atoms with van der Waals surface area (Å²) in [6.45, 7) is 2.01. The van der Waals surface area contributed by atoms with E-state index >= 15 is 0 Å². The molecule has 0 fully saturated rings. The molecule has 0 aliphatic carbocycles. The number of hydrogen-bond donors (Lipinski definition) is 1. The molecule has 1 N–H and O–H groups in total. The molecule has 20 heavy (non-hydrogen) atoms. The highest BCUT2D eigenvalue weighted by Gasteiger charge is 2.26. The summed E-state index contributed by atoms with van der Waals surface area (Å²) in [5.74, 6) is -0.0584. The van der Waals surface area contributed by atoms with Gasteiger partial charge in [-0.05, 0) is 42.3 Å². The number of halogens is 2. The Kier molecular flexibility index (Phi) is 3.52. The van der Waals surface area contributed by atoms with Gasteiger partial charge >= 0.3 is 0 Å². The first kappa shape index (κ1) is 13.6. The molecule has 0 aromatic heterocycles. The maximum Gasteiger partial charge on any atom is 0.256 e. The zero-order chi connectivity index (χ0) is 14.3. The molecule has 2 aromatic carbocycles. The number of nitrogens with one attached hydrogen (secondary N) is 1. The average molecular weight is 393 g/mol. The highest BCUT2D eigenvalue weighted by atomic mass is 79.9. The number of hydrogen-bond acceptors (Lipinski definition) is 1. The van der Waals surface area contributed by atoms with Crippen molar-refractivity contribution in [2.45, 2.75) is 6.92 Å². The number of anilines is 1. The minimum Gasteiger partial charge on any atom is -0.321 e. The van der Waals surface area contributed by atoms with Gasteiger partial charge in [0.05, 0.1) is 0 Å². The molecule has 2 aromatic rings. The van der Waals surface area contributed by atoms with Gasteiger partial charge in [-0.15, -0.1) is 0 Å². The largest absolute Gasteiger partial charge is 0.321 e. The fraction of sp³-hybridized carbons (Fsp3) is 0.0625. The molecule has 0 bridgehead atoms. The summed E-state index contributed by atoms with van der Waals surface area (Å²) in [7, 11) is 0. The van der Waals surface area contributed by atoms with Crippen LogP contribution in [0, 0.1) is 6.92 Å². The summed E-state index contributed by atoms with van der Waals surface area (Å²) in [4.78, 5) is 12.2. The maximum atomic E-state index is 12.2. The van der Waals surface area contributed by atoms with Gasteiger partial charge in [-0.1, -0.05) is 50.1 Å². The molecule has 1 amide bonds. The van der Waals surface area contributed by atoms with Gasteiger partial charge in [-0.25, -0.2) is 0 Å². The zero-order valence-corrected chi connectivity index (χ0v) is 13.9. The van der Waals surface area contributed by atoms with Crippen LogP contribution in [0.15, 0.2) is 45.3 Å². The fourth-order valence-corrected chi connectivity index (χ4v) is 3.06. The van der Waals surface area contributed by atoms with Gasteiger partial charge in [0.25, 0.3) is 5.91 Å². The summed E-state index contributed by atoms with van der Waals surface area (Å²) in [6, 6.07) is 11.7. The predicted octanol–water partition coefficient (Wildman–Crippen LogP) is 5.01. The lowest BCUT2D eigenvalue weighted by Crippen LogP contribution is -2.03. The van der Waals surface area contributed by atoms with E-state index in [9.17, 15) is 4.79 Å². The van der Waals surface area contributed by atoms with Gasteiger partial charge in [0, 0.05) is 25.8 Å². The van der Waals surface area contributed by atoms with Crippen molar-refractivity contribution in [1.29, 1.82) is 0 Å². The van der Waals surface area contributed by atoms with Crippen molar-refractivity contribution in [3.63, 3.8) is 0 Å². The Hall–Kier alpha value is -1.39. The highest BCUT2D eigenvalue weighted by Crippen LogP contribution is 2.39. The molecule has 0 spiro atoms. The molecular formula is C16H11Br2NO. The Bertz CT molecular complexity index is 750. The monoisotopic (exact) mass is 391 g/mol. The third kappa shape index (κ3) is 2.23. The van der Waals surface area contributed by atoms with E-state index in [0.29, 0.717) is 5.57 Å². The minimum atomic E-state index is -0.0584. The van der Waals surface area contributed by atoms with Crippen LogP contribution >= 0.6 is 31.9 Å². The first-order valence-corrected chi connectivity index (χ1v) is 7.73. The predicted molar refractivity (Wildman–Crippen MR) is 89.5 cm³/mol. The Morgan fingerprint density at radius 3 is 2.55 bits per heavy atom. The first-order chi connectivity index (χ1) is 9.58. The Balaban J connectivity index is 2.20. The van der Waals surface area contributed by atoms with E-state index in [1.54, 1.807) is 0 Å². The Morgan fingerprint density at radius 1 is 1.05 bits per heavy atom. The van der Waals surface area contributed by atoms with E-state index in [1.807, 2.05) is 49.4 Å². The number of fused-ring (bicyclic) bond motifs is 1. The second-order valence-corrected chi connectivity index (χ2v) is 6.34. The van der Waals surface area contributed by atoms with Crippen molar-refractivity contribution in [2.75, 3.05) is 5.32 Å². The molecule has 2 nitrogen and oxygen atoms in total. The Labute approximate surface area is 134 Å². The summed E-state index contributed by atoms with van der Waals surface area (Å²) >= 11 is 7.03. The highest BCUT2D eigenvalue weighted by molar-refractivity contribution is 9.10. The van der Waals surface area contributed by atoms with Crippen molar-refractivity contribution in [3.05, 3.63) is 62.0 Å². The van der Waals surface area contributed by atoms with Gasteiger partial charge in [0.15, 0.2) is 0 Å². The fourth-order valence-electron chi connectivity index (χ4n) is 2.33. The molecule has 1 aliphatic rings. The van der Waals surface area contributed by atoms with Crippen LogP contribution in [-0.4, -0.2) is 5.91 Å². The number of carbonyl (C=O) groups excluding carboxylic acids is 1. The van der Waals surface area contributed by atoms with E-state index < -0.39 is 0 Å². The molecule has 0 radical (unpaired) electrons. The van der Waals surface area contributed by atoms with Crippen LogP contribution in [0.5, 0.6) is 0 Å². The van der Waals surface area contributed by atoms with Crippen LogP contribution in [0.1, 0.15) is 16.7 Å². The molecule has 3 rings (SSSR count). The summed E-state index contributed by atoms with van der Waals surface area (Å²) in [6.07, 6.45) is 1.92. The minimum absolute atomic E-state index is 0.0584. The lowest BCUT2D eigenvalue weighted by molar-refractivity contribution is -0.110. The molecule has 0 saturated carbocycles.